The molecule has 0 saturated heterocycles. The smallest absolute Gasteiger partial charge is 0.0441 e. The molecule has 1 heterocycles. The molecule has 1 aromatic carbocycles. The van der Waals surface area contributed by atoms with Gasteiger partial charge in [-0.3, -0.25) is 0 Å². The molecule has 1 aromatic rings. The average Bonchev–Trinajstić information content (AvgIpc) is 2.69. The summed E-state index contributed by atoms with van der Waals surface area (Å²) in [6, 6.07) is 9.43. The van der Waals surface area contributed by atoms with Gasteiger partial charge in [0.25, 0.3) is 0 Å². The lowest BCUT2D eigenvalue weighted by molar-refractivity contribution is 0.424. The lowest BCUT2D eigenvalue weighted by atomic mass is 9.97. The summed E-state index contributed by atoms with van der Waals surface area (Å²) < 4.78 is 0. The van der Waals surface area contributed by atoms with Gasteiger partial charge in [-0.25, -0.2) is 0 Å². The van der Waals surface area contributed by atoms with E-state index in [0.717, 1.165) is 13.0 Å². The molecule has 2 nitrogen and oxygen atoms in total. The second-order valence-corrected chi connectivity index (χ2v) is 5.63. The summed E-state index contributed by atoms with van der Waals surface area (Å²) in [6.07, 6.45) is 2.34. The summed E-state index contributed by atoms with van der Waals surface area (Å²) in [5.74, 6) is 0.693. The number of rotatable bonds is 4. The Morgan fingerprint density at radius 3 is 2.59 bits per heavy atom. The predicted octanol–water partition coefficient (Wildman–Crippen LogP) is 2.81. The highest BCUT2D eigenvalue weighted by molar-refractivity contribution is 5.58. The van der Waals surface area contributed by atoms with Gasteiger partial charge < -0.3 is 10.6 Å². The molecule has 2 atom stereocenters. The summed E-state index contributed by atoms with van der Waals surface area (Å²) in [5.41, 5.74) is 9.05. The minimum atomic E-state index is 0.226. The van der Waals surface area contributed by atoms with E-state index in [1.54, 1.807) is 0 Å². The number of benzene rings is 1. The van der Waals surface area contributed by atoms with Gasteiger partial charge in [-0.1, -0.05) is 32.0 Å². The van der Waals surface area contributed by atoms with Crippen LogP contribution in [0.25, 0.3) is 0 Å². The molecular formula is C15H24N2. The maximum atomic E-state index is 6.18. The van der Waals surface area contributed by atoms with Gasteiger partial charge in [0.1, 0.15) is 0 Å². The largest absolute Gasteiger partial charge is 0.366 e. The molecule has 0 bridgehead atoms. The third-order valence-electron chi connectivity index (χ3n) is 3.64. The first-order valence-electron chi connectivity index (χ1n) is 6.69. The summed E-state index contributed by atoms with van der Waals surface area (Å²) in [5, 5.41) is 0. The molecule has 2 N–H and O–H groups in total. The molecule has 0 amide bonds. The van der Waals surface area contributed by atoms with E-state index in [-0.39, 0.29) is 6.04 Å². The van der Waals surface area contributed by atoms with Crippen LogP contribution in [0.4, 0.5) is 5.69 Å². The Bertz CT molecular complexity index is 371. The van der Waals surface area contributed by atoms with E-state index in [1.807, 2.05) is 0 Å². The van der Waals surface area contributed by atoms with Crippen LogP contribution in [0.1, 0.15) is 32.8 Å². The van der Waals surface area contributed by atoms with Crippen LogP contribution in [0.5, 0.6) is 0 Å². The molecule has 0 aliphatic carbocycles. The van der Waals surface area contributed by atoms with Gasteiger partial charge in [-0.15, -0.1) is 0 Å². The Labute approximate surface area is 105 Å². The Balaban J connectivity index is 2.21. The number of hydrogen-bond acceptors (Lipinski definition) is 2. The Morgan fingerprint density at radius 1 is 1.24 bits per heavy atom. The number of hydrogen-bond donors (Lipinski definition) is 1. The lowest BCUT2D eigenvalue weighted by Crippen LogP contribution is -2.46. The first-order chi connectivity index (χ1) is 8.09. The van der Waals surface area contributed by atoms with Gasteiger partial charge in [-0.2, -0.15) is 0 Å². The van der Waals surface area contributed by atoms with E-state index in [1.165, 1.54) is 17.7 Å². The standard InChI is InChI=1S/C15H24N2/c1-11(2)10-15(12(3)16)17-9-8-13-6-4-5-7-14(13)17/h4-7,11-12,15H,8-10,16H2,1-3H3. The molecule has 0 radical (unpaired) electrons. The van der Waals surface area contributed by atoms with Crippen LogP contribution < -0.4 is 10.6 Å². The molecule has 17 heavy (non-hydrogen) atoms. The number of anilines is 1. The number of para-hydroxylation sites is 1. The highest BCUT2D eigenvalue weighted by Gasteiger charge is 2.28. The third-order valence-corrected chi connectivity index (χ3v) is 3.64. The molecule has 2 unspecified atom stereocenters. The summed E-state index contributed by atoms with van der Waals surface area (Å²) in [7, 11) is 0. The number of nitrogens with two attached hydrogens (primary N) is 1. The van der Waals surface area contributed by atoms with Crippen molar-refractivity contribution in [2.75, 3.05) is 11.4 Å². The Kier molecular flexibility index (Phi) is 3.72. The maximum absolute atomic E-state index is 6.18. The van der Waals surface area contributed by atoms with E-state index in [2.05, 4.69) is 49.9 Å². The first kappa shape index (κ1) is 12.4. The van der Waals surface area contributed by atoms with Crippen LogP contribution in [-0.2, 0) is 6.42 Å². The molecule has 0 spiro atoms. The van der Waals surface area contributed by atoms with Gasteiger partial charge in [0.05, 0.1) is 0 Å². The second kappa shape index (κ2) is 5.09. The summed E-state index contributed by atoms with van der Waals surface area (Å²) in [6.45, 7) is 7.81. The topological polar surface area (TPSA) is 29.3 Å². The fourth-order valence-electron chi connectivity index (χ4n) is 2.82. The van der Waals surface area contributed by atoms with Crippen molar-refractivity contribution in [3.8, 4) is 0 Å². The quantitative estimate of drug-likeness (QED) is 0.865. The van der Waals surface area contributed by atoms with E-state index in [4.69, 9.17) is 5.73 Å². The fraction of sp³-hybridized carbons (Fsp3) is 0.600. The zero-order chi connectivity index (χ0) is 12.4. The zero-order valence-electron chi connectivity index (χ0n) is 11.2. The monoisotopic (exact) mass is 232 g/mol. The van der Waals surface area contributed by atoms with Crippen molar-refractivity contribution in [3.63, 3.8) is 0 Å². The predicted molar refractivity (Wildman–Crippen MR) is 74.4 cm³/mol. The van der Waals surface area contributed by atoms with Crippen molar-refractivity contribution >= 4 is 5.69 Å². The Hall–Kier alpha value is -1.02. The highest BCUT2D eigenvalue weighted by atomic mass is 15.2. The molecular weight excluding hydrogens is 208 g/mol. The molecule has 2 heteroatoms. The first-order valence-corrected chi connectivity index (χ1v) is 6.69. The lowest BCUT2D eigenvalue weighted by Gasteiger charge is -2.34. The Morgan fingerprint density at radius 2 is 1.94 bits per heavy atom. The van der Waals surface area contributed by atoms with Gasteiger partial charge in [0, 0.05) is 24.3 Å². The number of nitrogens with zero attached hydrogens (tertiary/aromatic N) is 1. The summed E-state index contributed by atoms with van der Waals surface area (Å²) in [4.78, 5) is 2.51. The van der Waals surface area contributed by atoms with Crippen molar-refractivity contribution in [2.45, 2.75) is 45.7 Å². The van der Waals surface area contributed by atoms with Crippen molar-refractivity contribution in [1.82, 2.24) is 0 Å². The third kappa shape index (κ3) is 2.63. The van der Waals surface area contributed by atoms with Gasteiger partial charge in [0.2, 0.25) is 0 Å². The van der Waals surface area contributed by atoms with Crippen LogP contribution in [0.2, 0.25) is 0 Å². The van der Waals surface area contributed by atoms with Gasteiger partial charge in [0.15, 0.2) is 0 Å². The van der Waals surface area contributed by atoms with Gasteiger partial charge in [-0.05, 0) is 37.3 Å². The van der Waals surface area contributed by atoms with Crippen LogP contribution in [0.15, 0.2) is 24.3 Å². The molecule has 0 aromatic heterocycles. The van der Waals surface area contributed by atoms with E-state index in [0.29, 0.717) is 12.0 Å². The van der Waals surface area contributed by atoms with Crippen LogP contribution in [0, 0.1) is 5.92 Å². The molecule has 0 saturated carbocycles. The number of fused-ring (bicyclic) bond motifs is 1. The van der Waals surface area contributed by atoms with Gasteiger partial charge >= 0.3 is 0 Å². The minimum Gasteiger partial charge on any atom is -0.366 e. The van der Waals surface area contributed by atoms with Crippen LogP contribution >= 0.6 is 0 Å². The van der Waals surface area contributed by atoms with E-state index in [9.17, 15) is 0 Å². The highest BCUT2D eigenvalue weighted by Crippen LogP contribution is 2.31. The van der Waals surface area contributed by atoms with Crippen molar-refractivity contribution in [3.05, 3.63) is 29.8 Å². The van der Waals surface area contributed by atoms with Crippen molar-refractivity contribution in [1.29, 1.82) is 0 Å². The molecule has 94 valence electrons. The average molecular weight is 232 g/mol. The molecule has 0 fully saturated rings. The zero-order valence-corrected chi connectivity index (χ0v) is 11.2. The molecule has 2 rings (SSSR count). The fourth-order valence-corrected chi connectivity index (χ4v) is 2.82. The van der Waals surface area contributed by atoms with Crippen molar-refractivity contribution in [2.24, 2.45) is 11.7 Å². The van der Waals surface area contributed by atoms with E-state index >= 15 is 0 Å². The minimum absolute atomic E-state index is 0.226. The molecule has 1 aliphatic rings. The second-order valence-electron chi connectivity index (χ2n) is 5.63. The van der Waals surface area contributed by atoms with Crippen LogP contribution in [0.3, 0.4) is 0 Å². The van der Waals surface area contributed by atoms with Crippen molar-refractivity contribution < 1.29 is 0 Å². The van der Waals surface area contributed by atoms with Crippen LogP contribution in [-0.4, -0.2) is 18.6 Å². The normalized spacial score (nSPS) is 18.3. The molecule has 1 aliphatic heterocycles. The SMILES string of the molecule is CC(C)CC(C(C)N)N1CCc2ccccc21. The summed E-state index contributed by atoms with van der Waals surface area (Å²) >= 11 is 0. The van der Waals surface area contributed by atoms with E-state index < -0.39 is 0 Å². The maximum Gasteiger partial charge on any atom is 0.0441 e.